The van der Waals surface area contributed by atoms with E-state index in [1.54, 1.807) is 44.6 Å². The molecule has 144 valence electrons. The van der Waals surface area contributed by atoms with Crippen molar-refractivity contribution in [1.29, 1.82) is 0 Å². The van der Waals surface area contributed by atoms with Gasteiger partial charge in [-0.15, -0.1) is 0 Å². The van der Waals surface area contributed by atoms with Crippen LogP contribution in [0.4, 0.5) is 0 Å². The maximum atomic E-state index is 13.2. The van der Waals surface area contributed by atoms with Crippen molar-refractivity contribution in [3.05, 3.63) is 41.5 Å². The van der Waals surface area contributed by atoms with Crippen LogP contribution in [0.1, 0.15) is 22.0 Å². The van der Waals surface area contributed by atoms with Crippen molar-refractivity contribution in [1.82, 2.24) is 0 Å². The first-order chi connectivity index (χ1) is 13.1. The van der Waals surface area contributed by atoms with Crippen LogP contribution in [0.15, 0.2) is 30.3 Å². The summed E-state index contributed by atoms with van der Waals surface area (Å²) in [5.41, 5.74) is 0.908. The molecule has 0 bridgehead atoms. The predicted molar refractivity (Wildman–Crippen MR) is 97.6 cm³/mol. The molecule has 0 radical (unpaired) electrons. The minimum Gasteiger partial charge on any atom is -0.496 e. The van der Waals surface area contributed by atoms with Gasteiger partial charge >= 0.3 is 0 Å². The van der Waals surface area contributed by atoms with Gasteiger partial charge in [-0.25, -0.2) is 0 Å². The fourth-order valence-corrected chi connectivity index (χ4v) is 3.26. The van der Waals surface area contributed by atoms with Gasteiger partial charge in [-0.2, -0.15) is 0 Å². The molecule has 2 aromatic rings. The molecule has 0 spiro atoms. The Hall–Kier alpha value is -2.93. The molecule has 0 saturated heterocycles. The van der Waals surface area contributed by atoms with Crippen LogP contribution in [-0.4, -0.2) is 47.4 Å². The summed E-state index contributed by atoms with van der Waals surface area (Å²) < 4.78 is 33.3. The highest BCUT2D eigenvalue weighted by Gasteiger charge is 2.43. The lowest BCUT2D eigenvalue weighted by molar-refractivity contribution is -0.00256. The largest absolute Gasteiger partial charge is 0.496 e. The molecule has 1 aliphatic rings. The molecule has 2 atom stereocenters. The number of benzene rings is 2. The number of carbonyl (C=O) groups is 1. The molecule has 7 heteroatoms. The van der Waals surface area contributed by atoms with Crippen LogP contribution in [0.2, 0.25) is 0 Å². The Morgan fingerprint density at radius 1 is 0.852 bits per heavy atom. The molecule has 0 fully saturated rings. The van der Waals surface area contributed by atoms with Gasteiger partial charge in [0.05, 0.1) is 34.0 Å². The fraction of sp³-hybridized carbons (Fsp3) is 0.350. The van der Waals surface area contributed by atoms with E-state index in [1.807, 2.05) is 0 Å². The fourth-order valence-electron chi connectivity index (χ4n) is 3.26. The zero-order valence-electron chi connectivity index (χ0n) is 15.9. The van der Waals surface area contributed by atoms with Gasteiger partial charge in [0.1, 0.15) is 34.3 Å². The number of fused-ring (bicyclic) bond motifs is 1. The summed E-state index contributed by atoms with van der Waals surface area (Å²) in [5, 5.41) is 0. The smallest absolute Gasteiger partial charge is 0.203 e. The quantitative estimate of drug-likeness (QED) is 0.769. The number of ether oxygens (including phenoxy) is 6. The van der Waals surface area contributed by atoms with Crippen molar-refractivity contribution in [2.75, 3.05) is 35.5 Å². The molecule has 0 amide bonds. The van der Waals surface area contributed by atoms with E-state index in [4.69, 9.17) is 28.4 Å². The molecule has 2 aromatic carbocycles. The molecule has 2 unspecified atom stereocenters. The predicted octanol–water partition coefficient (Wildman–Crippen LogP) is 3.05. The van der Waals surface area contributed by atoms with E-state index in [-0.39, 0.29) is 5.78 Å². The van der Waals surface area contributed by atoms with E-state index in [2.05, 4.69) is 0 Å². The third-order valence-electron chi connectivity index (χ3n) is 4.53. The van der Waals surface area contributed by atoms with Crippen molar-refractivity contribution in [3.63, 3.8) is 0 Å². The van der Waals surface area contributed by atoms with Crippen molar-refractivity contribution in [2.45, 2.75) is 12.2 Å². The van der Waals surface area contributed by atoms with E-state index in [9.17, 15) is 4.79 Å². The molecule has 3 rings (SSSR count). The van der Waals surface area contributed by atoms with Gasteiger partial charge in [-0.1, -0.05) is 6.07 Å². The van der Waals surface area contributed by atoms with Crippen molar-refractivity contribution < 1.29 is 33.2 Å². The van der Waals surface area contributed by atoms with Crippen molar-refractivity contribution in [2.24, 2.45) is 0 Å². The Morgan fingerprint density at radius 3 is 2.00 bits per heavy atom. The summed E-state index contributed by atoms with van der Waals surface area (Å²) in [4.78, 5) is 13.2. The molecule has 7 nitrogen and oxygen atoms in total. The van der Waals surface area contributed by atoms with Gasteiger partial charge in [0, 0.05) is 19.2 Å². The van der Waals surface area contributed by atoms with Gasteiger partial charge < -0.3 is 28.4 Å². The zero-order chi connectivity index (χ0) is 19.6. The van der Waals surface area contributed by atoms with Crippen molar-refractivity contribution >= 4 is 5.78 Å². The highest BCUT2D eigenvalue weighted by molar-refractivity contribution is 6.06. The number of rotatable bonds is 6. The lowest BCUT2D eigenvalue weighted by Crippen LogP contribution is -2.38. The number of ketones is 1. The number of hydrogen-bond acceptors (Lipinski definition) is 7. The molecule has 0 aromatic heterocycles. The maximum Gasteiger partial charge on any atom is 0.203 e. The van der Waals surface area contributed by atoms with Crippen molar-refractivity contribution in [3.8, 4) is 28.7 Å². The first-order valence-corrected chi connectivity index (χ1v) is 8.30. The zero-order valence-corrected chi connectivity index (χ0v) is 15.9. The average molecular weight is 374 g/mol. The van der Waals surface area contributed by atoms with E-state index in [0.29, 0.717) is 39.9 Å². The van der Waals surface area contributed by atoms with E-state index >= 15 is 0 Å². The van der Waals surface area contributed by atoms with E-state index in [1.165, 1.54) is 21.3 Å². The van der Waals surface area contributed by atoms with Crippen LogP contribution in [-0.2, 0) is 4.74 Å². The topological polar surface area (TPSA) is 72.5 Å². The first kappa shape index (κ1) is 18.8. The summed E-state index contributed by atoms with van der Waals surface area (Å²) in [6, 6.07) is 8.64. The monoisotopic (exact) mass is 374 g/mol. The Balaban J connectivity index is 2.20. The van der Waals surface area contributed by atoms with Gasteiger partial charge in [0.15, 0.2) is 12.2 Å². The second-order valence-electron chi connectivity index (χ2n) is 5.84. The third-order valence-corrected chi connectivity index (χ3v) is 4.53. The Labute approximate surface area is 157 Å². The van der Waals surface area contributed by atoms with Gasteiger partial charge in [0.25, 0.3) is 0 Å². The lowest BCUT2D eigenvalue weighted by atomic mass is 9.91. The van der Waals surface area contributed by atoms with Gasteiger partial charge in [-0.3, -0.25) is 4.79 Å². The Bertz CT molecular complexity index is 824. The molecule has 1 aliphatic heterocycles. The molecule has 0 N–H and O–H groups in total. The van der Waals surface area contributed by atoms with Crippen LogP contribution in [0, 0.1) is 0 Å². The molecular weight excluding hydrogens is 352 g/mol. The highest BCUT2D eigenvalue weighted by Crippen LogP contribution is 2.46. The summed E-state index contributed by atoms with van der Waals surface area (Å²) >= 11 is 0. The van der Waals surface area contributed by atoms with Crippen LogP contribution < -0.4 is 23.7 Å². The van der Waals surface area contributed by atoms with E-state index in [0.717, 1.165) is 0 Å². The third kappa shape index (κ3) is 3.14. The summed E-state index contributed by atoms with van der Waals surface area (Å²) in [7, 11) is 7.57. The standard InChI is InChI=1S/C20H22O7/c1-22-11-9-14(25-4)16-15(10-11)27-19(20(26-5)18(16)21)17-12(23-2)7-6-8-13(17)24-3/h6-10,19-20H,1-5H3. The summed E-state index contributed by atoms with van der Waals surface area (Å²) in [5.74, 6) is 2.04. The second-order valence-corrected chi connectivity index (χ2v) is 5.84. The number of Topliss-reactive ketones (excluding diaryl/α,β-unsaturated/α-hetero) is 1. The Morgan fingerprint density at radius 2 is 1.48 bits per heavy atom. The SMILES string of the molecule is COc1cc(OC)c2c(c1)OC(c1c(OC)cccc1OC)C(OC)C2=O. The Kier molecular flexibility index (Phi) is 5.41. The molecular formula is C20H22O7. The summed E-state index contributed by atoms with van der Waals surface area (Å²) in [6.07, 6.45) is -1.66. The molecule has 0 saturated carbocycles. The van der Waals surface area contributed by atoms with Gasteiger partial charge in [-0.05, 0) is 12.1 Å². The number of carbonyl (C=O) groups excluding carboxylic acids is 1. The highest BCUT2D eigenvalue weighted by atomic mass is 16.6. The first-order valence-electron chi connectivity index (χ1n) is 8.30. The lowest BCUT2D eigenvalue weighted by Gasteiger charge is -2.33. The number of methoxy groups -OCH3 is 5. The van der Waals surface area contributed by atoms with Crippen LogP contribution >= 0.6 is 0 Å². The normalized spacial score (nSPS) is 18.3. The van der Waals surface area contributed by atoms with Crippen LogP contribution in [0.5, 0.6) is 28.7 Å². The second kappa shape index (κ2) is 7.75. The maximum absolute atomic E-state index is 13.2. The minimum absolute atomic E-state index is 0.254. The van der Waals surface area contributed by atoms with Crippen LogP contribution in [0.3, 0.4) is 0 Å². The van der Waals surface area contributed by atoms with E-state index < -0.39 is 12.2 Å². The molecule has 0 aliphatic carbocycles. The average Bonchev–Trinajstić information content (AvgIpc) is 2.71. The summed E-state index contributed by atoms with van der Waals surface area (Å²) in [6.45, 7) is 0. The van der Waals surface area contributed by atoms with Crippen LogP contribution in [0.25, 0.3) is 0 Å². The minimum atomic E-state index is -0.898. The van der Waals surface area contributed by atoms with Gasteiger partial charge in [0.2, 0.25) is 5.78 Å². The molecule has 1 heterocycles. The molecule has 27 heavy (non-hydrogen) atoms. The number of hydrogen-bond donors (Lipinski definition) is 0.